The summed E-state index contributed by atoms with van der Waals surface area (Å²) in [5, 5.41) is 16.4. The monoisotopic (exact) mass is 696 g/mol. The van der Waals surface area contributed by atoms with E-state index in [1.54, 1.807) is 0 Å². The largest absolute Gasteiger partial charge is 0.573 e. The Kier molecular flexibility index (Phi) is 9.47. The minimum atomic E-state index is -4.98. The Labute approximate surface area is 270 Å². The Morgan fingerprint density at radius 3 is 2.44 bits per heavy atom. The molecular formula is C29H20ClF7N8O3. The fraction of sp³-hybridized carbons (Fsp3) is 0.207. The maximum Gasteiger partial charge on any atom is 0.573 e. The van der Waals surface area contributed by atoms with Gasteiger partial charge in [0.1, 0.15) is 23.8 Å². The molecule has 19 heteroatoms. The summed E-state index contributed by atoms with van der Waals surface area (Å²) in [6.07, 6.45) is -9.07. The van der Waals surface area contributed by atoms with Crippen LogP contribution in [0.4, 0.5) is 30.7 Å². The molecule has 48 heavy (non-hydrogen) atoms. The SMILES string of the molecule is Cc1c(F)ccc(C(=O)NCc2ccccc2OC(F)(F)F)c1CC(=O)c1cc(Cn2nnc(C(F)(F)F)n2)nn1-c1ncccc1Cl. The van der Waals surface area contributed by atoms with E-state index in [0.717, 1.165) is 22.9 Å². The molecule has 1 amide bonds. The van der Waals surface area contributed by atoms with E-state index in [1.807, 2.05) is 0 Å². The first-order valence-corrected chi connectivity index (χ1v) is 14.0. The molecule has 5 rings (SSSR count). The first kappa shape index (κ1) is 34.0. The van der Waals surface area contributed by atoms with Crippen molar-refractivity contribution in [3.63, 3.8) is 0 Å². The normalized spacial score (nSPS) is 11.9. The van der Waals surface area contributed by atoms with Gasteiger partial charge in [0.15, 0.2) is 11.6 Å². The highest BCUT2D eigenvalue weighted by Gasteiger charge is 2.37. The number of carbonyl (C=O) groups is 2. The van der Waals surface area contributed by atoms with E-state index in [1.165, 1.54) is 49.5 Å². The molecule has 250 valence electrons. The van der Waals surface area contributed by atoms with Gasteiger partial charge >= 0.3 is 12.5 Å². The number of carbonyl (C=O) groups excluding carboxylic acids is 2. The first-order chi connectivity index (χ1) is 22.6. The van der Waals surface area contributed by atoms with Crippen molar-refractivity contribution >= 4 is 23.3 Å². The number of Topliss-reactive ketones (excluding diaryl/α,β-unsaturated/α-hetero) is 1. The highest BCUT2D eigenvalue weighted by atomic mass is 35.5. The van der Waals surface area contributed by atoms with E-state index >= 15 is 0 Å². The minimum Gasteiger partial charge on any atom is -0.405 e. The number of benzene rings is 2. The summed E-state index contributed by atoms with van der Waals surface area (Å²) >= 11 is 6.29. The zero-order chi connectivity index (χ0) is 34.8. The average molecular weight is 697 g/mol. The van der Waals surface area contributed by atoms with Crippen LogP contribution in [0.5, 0.6) is 5.75 Å². The molecule has 0 aliphatic rings. The quantitative estimate of drug-likeness (QED) is 0.146. The van der Waals surface area contributed by atoms with Crippen LogP contribution in [0.3, 0.4) is 0 Å². The molecule has 0 fully saturated rings. The lowest BCUT2D eigenvalue weighted by Crippen LogP contribution is -2.26. The van der Waals surface area contributed by atoms with Crippen LogP contribution in [-0.2, 0) is 25.7 Å². The molecule has 0 aliphatic heterocycles. The standard InChI is InChI=1S/C29H20ClF7N8O3/c1-15-19(18(8-9-21(15)31)26(47)39-13-16-5-2-3-7-24(16)48-29(35,36)37)12-23(46)22-11-17(14-44-42-27(40-43-44)28(32,33)34)41-45(22)25-20(30)6-4-10-38-25/h2-11H,12-14H2,1H3,(H,39,47). The predicted molar refractivity (Wildman–Crippen MR) is 152 cm³/mol. The van der Waals surface area contributed by atoms with Crippen molar-refractivity contribution in [3.8, 4) is 11.6 Å². The lowest BCUT2D eigenvalue weighted by atomic mass is 9.95. The van der Waals surface area contributed by atoms with Gasteiger partial charge in [-0.3, -0.25) is 9.59 Å². The Hall–Kier alpha value is -5.39. The lowest BCUT2D eigenvalue weighted by Gasteiger charge is -2.16. The van der Waals surface area contributed by atoms with Crippen molar-refractivity contribution in [2.45, 2.75) is 39.0 Å². The third-order valence-corrected chi connectivity index (χ3v) is 7.04. The van der Waals surface area contributed by atoms with Gasteiger partial charge in [0.25, 0.3) is 11.7 Å². The lowest BCUT2D eigenvalue weighted by molar-refractivity contribution is -0.274. The first-order valence-electron chi connectivity index (χ1n) is 13.6. The molecule has 0 radical (unpaired) electrons. The molecular weight excluding hydrogens is 677 g/mol. The van der Waals surface area contributed by atoms with Crippen molar-refractivity contribution in [1.82, 2.24) is 40.3 Å². The van der Waals surface area contributed by atoms with Crippen LogP contribution < -0.4 is 10.1 Å². The van der Waals surface area contributed by atoms with Crippen molar-refractivity contribution in [2.24, 2.45) is 0 Å². The predicted octanol–water partition coefficient (Wildman–Crippen LogP) is 5.68. The van der Waals surface area contributed by atoms with Crippen LogP contribution in [0, 0.1) is 12.7 Å². The maximum atomic E-state index is 14.8. The summed E-state index contributed by atoms with van der Waals surface area (Å²) in [7, 11) is 0. The number of pyridine rings is 1. The molecule has 2 aromatic carbocycles. The van der Waals surface area contributed by atoms with Crippen molar-refractivity contribution in [2.75, 3.05) is 0 Å². The molecule has 0 saturated carbocycles. The number of halogens is 8. The van der Waals surface area contributed by atoms with Gasteiger partial charge in [-0.25, -0.2) is 14.1 Å². The van der Waals surface area contributed by atoms with Gasteiger partial charge in [-0.05, 0) is 59.7 Å². The van der Waals surface area contributed by atoms with Gasteiger partial charge in [-0.2, -0.15) is 23.1 Å². The molecule has 0 unspecified atom stereocenters. The summed E-state index contributed by atoms with van der Waals surface area (Å²) in [6.45, 7) is 0.469. The highest BCUT2D eigenvalue weighted by molar-refractivity contribution is 6.32. The number of alkyl halides is 6. The smallest absolute Gasteiger partial charge is 0.405 e. The number of ketones is 1. The fourth-order valence-corrected chi connectivity index (χ4v) is 4.74. The van der Waals surface area contributed by atoms with Crippen molar-refractivity contribution in [3.05, 3.63) is 111 Å². The molecule has 1 N–H and O–H groups in total. The van der Waals surface area contributed by atoms with Gasteiger partial charge in [0.2, 0.25) is 0 Å². The molecule has 0 aliphatic carbocycles. The number of tetrazole rings is 1. The second kappa shape index (κ2) is 13.4. The Bertz CT molecular complexity index is 1990. The van der Waals surface area contributed by atoms with Gasteiger partial charge in [-0.1, -0.05) is 29.8 Å². The minimum absolute atomic E-state index is 0.000124. The number of ether oxygens (including phenoxy) is 1. The van der Waals surface area contributed by atoms with Gasteiger partial charge in [0, 0.05) is 30.3 Å². The summed E-state index contributed by atoms with van der Waals surface area (Å²) < 4.78 is 97.3. The molecule has 0 bridgehead atoms. The second-order valence-corrected chi connectivity index (χ2v) is 10.4. The summed E-state index contributed by atoms with van der Waals surface area (Å²) in [5.74, 6) is -4.37. The van der Waals surface area contributed by atoms with E-state index in [9.17, 15) is 40.3 Å². The highest BCUT2D eigenvalue weighted by Crippen LogP contribution is 2.28. The second-order valence-electron chi connectivity index (χ2n) is 10.0. The number of aromatic nitrogens is 7. The molecule has 0 saturated heterocycles. The van der Waals surface area contributed by atoms with Gasteiger partial charge in [0.05, 0.1) is 10.7 Å². The van der Waals surface area contributed by atoms with Crippen molar-refractivity contribution < 1.29 is 45.1 Å². The van der Waals surface area contributed by atoms with E-state index in [-0.39, 0.29) is 44.5 Å². The number of nitrogens with zero attached hydrogens (tertiary/aromatic N) is 7. The summed E-state index contributed by atoms with van der Waals surface area (Å²) in [4.78, 5) is 31.8. The number of para-hydroxylation sites is 1. The van der Waals surface area contributed by atoms with Gasteiger partial charge < -0.3 is 10.1 Å². The number of nitrogens with one attached hydrogen (secondary N) is 1. The van der Waals surface area contributed by atoms with E-state index < -0.39 is 61.1 Å². The molecule has 3 heterocycles. The van der Waals surface area contributed by atoms with Crippen LogP contribution in [0.15, 0.2) is 60.8 Å². The number of hydrogen-bond acceptors (Lipinski definition) is 8. The number of hydrogen-bond donors (Lipinski definition) is 1. The number of amides is 1. The Balaban J connectivity index is 1.45. The van der Waals surface area contributed by atoms with Gasteiger partial charge in [-0.15, -0.1) is 23.4 Å². The van der Waals surface area contributed by atoms with E-state index in [4.69, 9.17) is 11.6 Å². The average Bonchev–Trinajstić information content (AvgIpc) is 3.66. The summed E-state index contributed by atoms with van der Waals surface area (Å²) in [5.41, 5.74) is -0.454. The molecule has 0 spiro atoms. The summed E-state index contributed by atoms with van der Waals surface area (Å²) in [6, 6.07) is 11.4. The van der Waals surface area contributed by atoms with Crippen LogP contribution in [-0.4, -0.2) is 53.0 Å². The molecule has 3 aromatic heterocycles. The third-order valence-electron chi connectivity index (χ3n) is 6.75. The Morgan fingerprint density at radius 1 is 1.00 bits per heavy atom. The van der Waals surface area contributed by atoms with Crippen LogP contribution in [0.25, 0.3) is 5.82 Å². The third kappa shape index (κ3) is 7.76. The molecule has 0 atom stereocenters. The molecule has 5 aromatic rings. The van der Waals surface area contributed by atoms with Crippen LogP contribution in [0.2, 0.25) is 5.02 Å². The maximum absolute atomic E-state index is 14.8. The zero-order valence-corrected chi connectivity index (χ0v) is 25.0. The Morgan fingerprint density at radius 2 is 1.75 bits per heavy atom. The fourth-order valence-electron chi connectivity index (χ4n) is 4.53. The zero-order valence-electron chi connectivity index (χ0n) is 24.3. The van der Waals surface area contributed by atoms with E-state index in [2.05, 4.69) is 35.5 Å². The van der Waals surface area contributed by atoms with Crippen LogP contribution >= 0.6 is 11.6 Å². The van der Waals surface area contributed by atoms with Crippen LogP contribution in [0.1, 0.15) is 49.1 Å². The number of rotatable bonds is 10. The topological polar surface area (TPSA) is 130 Å². The van der Waals surface area contributed by atoms with Crippen molar-refractivity contribution in [1.29, 1.82) is 0 Å². The molecule has 11 nitrogen and oxygen atoms in total. The van der Waals surface area contributed by atoms with E-state index in [0.29, 0.717) is 4.80 Å².